The Morgan fingerprint density at radius 1 is 1.62 bits per heavy atom. The van der Waals surface area contributed by atoms with Gasteiger partial charge in [-0.05, 0) is 32.2 Å². The molecule has 5 heteroatoms. The lowest BCUT2D eigenvalue weighted by Crippen LogP contribution is -2.39. The van der Waals surface area contributed by atoms with Gasteiger partial charge in [-0.25, -0.2) is 0 Å². The number of amides is 1. The first-order chi connectivity index (χ1) is 7.70. The molecule has 1 aliphatic rings. The summed E-state index contributed by atoms with van der Waals surface area (Å²) in [5.74, 6) is 0.834. The average molecular weight is 223 g/mol. The summed E-state index contributed by atoms with van der Waals surface area (Å²) in [5.41, 5.74) is 6.34. The molecule has 0 aliphatic carbocycles. The number of nitrogens with zero attached hydrogens (tertiary/aromatic N) is 2. The van der Waals surface area contributed by atoms with Gasteiger partial charge < -0.3 is 15.2 Å². The zero-order chi connectivity index (χ0) is 11.5. The van der Waals surface area contributed by atoms with E-state index in [1.807, 2.05) is 4.90 Å². The third-order valence-electron chi connectivity index (χ3n) is 3.07. The minimum Gasteiger partial charge on any atom is -0.351 e. The molecule has 2 rings (SSSR count). The fourth-order valence-electron chi connectivity index (χ4n) is 1.99. The molecule has 0 atom stereocenters. The van der Waals surface area contributed by atoms with Crippen molar-refractivity contribution in [1.29, 1.82) is 0 Å². The van der Waals surface area contributed by atoms with Gasteiger partial charge in [0.15, 0.2) is 0 Å². The largest absolute Gasteiger partial charge is 0.351 e. The molecule has 88 valence electrons. The van der Waals surface area contributed by atoms with E-state index < -0.39 is 0 Å². The van der Waals surface area contributed by atoms with Crippen LogP contribution in [0.3, 0.4) is 0 Å². The lowest BCUT2D eigenvalue weighted by atomic mass is 9.97. The van der Waals surface area contributed by atoms with Crippen LogP contribution in [-0.2, 0) is 0 Å². The Hall–Kier alpha value is -1.36. The predicted molar refractivity (Wildman–Crippen MR) is 58.9 cm³/mol. The Morgan fingerprint density at radius 2 is 2.31 bits per heavy atom. The van der Waals surface area contributed by atoms with E-state index in [1.165, 1.54) is 0 Å². The maximum absolute atomic E-state index is 12.0. The van der Waals surface area contributed by atoms with Crippen LogP contribution in [0.25, 0.3) is 0 Å². The van der Waals surface area contributed by atoms with E-state index in [4.69, 9.17) is 10.3 Å². The number of aryl methyl sites for hydroxylation is 1. The summed E-state index contributed by atoms with van der Waals surface area (Å²) in [6.45, 7) is 4.05. The molecule has 1 aliphatic heterocycles. The van der Waals surface area contributed by atoms with Gasteiger partial charge in [-0.15, -0.1) is 0 Å². The molecule has 0 radical (unpaired) electrons. The van der Waals surface area contributed by atoms with Crippen LogP contribution >= 0.6 is 0 Å². The van der Waals surface area contributed by atoms with Crippen molar-refractivity contribution in [2.45, 2.75) is 19.8 Å². The number of likely N-dealkylation sites (tertiary alicyclic amines) is 1. The second-order valence-electron chi connectivity index (χ2n) is 4.30. The van der Waals surface area contributed by atoms with Crippen molar-refractivity contribution in [2.75, 3.05) is 19.6 Å². The number of hydrogen-bond acceptors (Lipinski definition) is 4. The van der Waals surface area contributed by atoms with Crippen molar-refractivity contribution in [3.8, 4) is 0 Å². The van der Waals surface area contributed by atoms with Crippen molar-refractivity contribution < 1.29 is 9.32 Å². The number of piperidine rings is 1. The molecule has 0 unspecified atom stereocenters. The molecule has 0 saturated carbocycles. The Morgan fingerprint density at radius 3 is 2.81 bits per heavy atom. The van der Waals surface area contributed by atoms with Crippen LogP contribution in [0.4, 0.5) is 0 Å². The van der Waals surface area contributed by atoms with E-state index in [9.17, 15) is 4.79 Å². The van der Waals surface area contributed by atoms with Gasteiger partial charge in [0.1, 0.15) is 0 Å². The van der Waals surface area contributed by atoms with Gasteiger partial charge in [0.25, 0.3) is 5.91 Å². The van der Waals surface area contributed by atoms with Crippen LogP contribution in [0.2, 0.25) is 0 Å². The van der Waals surface area contributed by atoms with E-state index in [-0.39, 0.29) is 5.91 Å². The van der Waals surface area contributed by atoms with Crippen molar-refractivity contribution in [1.82, 2.24) is 10.1 Å². The summed E-state index contributed by atoms with van der Waals surface area (Å²) < 4.78 is 4.97. The predicted octanol–water partition coefficient (Wildman–Crippen LogP) is 0.794. The summed E-state index contributed by atoms with van der Waals surface area (Å²) in [4.78, 5) is 13.8. The highest BCUT2D eigenvalue weighted by Crippen LogP contribution is 2.18. The molecule has 1 aromatic rings. The quantitative estimate of drug-likeness (QED) is 0.804. The van der Waals surface area contributed by atoms with E-state index in [1.54, 1.807) is 13.0 Å². The zero-order valence-corrected chi connectivity index (χ0v) is 9.48. The molecular weight excluding hydrogens is 206 g/mol. The molecular formula is C11H17N3O2. The number of carbonyl (C=O) groups excluding carboxylic acids is 1. The number of hydrogen-bond donors (Lipinski definition) is 1. The monoisotopic (exact) mass is 223 g/mol. The van der Waals surface area contributed by atoms with Gasteiger partial charge in [-0.3, -0.25) is 4.79 Å². The second-order valence-corrected chi connectivity index (χ2v) is 4.30. The summed E-state index contributed by atoms with van der Waals surface area (Å²) in [6, 6.07) is 1.68. The van der Waals surface area contributed by atoms with Gasteiger partial charge in [0, 0.05) is 19.2 Å². The first-order valence-corrected chi connectivity index (χ1v) is 5.63. The Labute approximate surface area is 94.6 Å². The standard InChI is InChI=1S/C11H17N3O2/c1-8-6-10(16-13-8)11(15)14-4-2-9(7-12)3-5-14/h6,9H,2-5,7,12H2,1H3. The molecule has 16 heavy (non-hydrogen) atoms. The third-order valence-corrected chi connectivity index (χ3v) is 3.07. The number of nitrogens with two attached hydrogens (primary N) is 1. The zero-order valence-electron chi connectivity index (χ0n) is 9.48. The number of rotatable bonds is 2. The van der Waals surface area contributed by atoms with Crippen molar-refractivity contribution >= 4 is 5.91 Å². The highest BCUT2D eigenvalue weighted by atomic mass is 16.5. The molecule has 1 aromatic heterocycles. The molecule has 0 spiro atoms. The van der Waals surface area contributed by atoms with Crippen molar-refractivity contribution in [3.05, 3.63) is 17.5 Å². The topological polar surface area (TPSA) is 72.4 Å². The van der Waals surface area contributed by atoms with Crippen LogP contribution in [0.15, 0.2) is 10.6 Å². The molecule has 5 nitrogen and oxygen atoms in total. The first-order valence-electron chi connectivity index (χ1n) is 5.63. The average Bonchev–Trinajstić information content (AvgIpc) is 2.75. The molecule has 0 aromatic carbocycles. The molecule has 2 N–H and O–H groups in total. The molecule has 1 saturated heterocycles. The Balaban J connectivity index is 1.96. The smallest absolute Gasteiger partial charge is 0.292 e. The maximum atomic E-state index is 12.0. The highest BCUT2D eigenvalue weighted by Gasteiger charge is 2.24. The van der Waals surface area contributed by atoms with Crippen LogP contribution < -0.4 is 5.73 Å². The van der Waals surface area contributed by atoms with E-state index in [2.05, 4.69) is 5.16 Å². The SMILES string of the molecule is Cc1cc(C(=O)N2CCC(CN)CC2)on1. The second kappa shape index (κ2) is 4.65. The summed E-state index contributed by atoms with van der Waals surface area (Å²) in [7, 11) is 0. The summed E-state index contributed by atoms with van der Waals surface area (Å²) in [6.07, 6.45) is 1.96. The first kappa shape index (κ1) is 11.1. The van der Waals surface area contributed by atoms with Crippen molar-refractivity contribution in [3.63, 3.8) is 0 Å². The molecule has 1 amide bonds. The fraction of sp³-hybridized carbons (Fsp3) is 0.636. The minimum absolute atomic E-state index is 0.0592. The minimum atomic E-state index is -0.0592. The van der Waals surface area contributed by atoms with Gasteiger partial charge in [0.05, 0.1) is 5.69 Å². The third kappa shape index (κ3) is 2.24. The fourth-order valence-corrected chi connectivity index (χ4v) is 1.99. The lowest BCUT2D eigenvalue weighted by molar-refractivity contribution is 0.0651. The van der Waals surface area contributed by atoms with Crippen LogP contribution in [-0.4, -0.2) is 35.6 Å². The lowest BCUT2D eigenvalue weighted by Gasteiger charge is -2.30. The van der Waals surface area contributed by atoms with Crippen LogP contribution in [0.1, 0.15) is 29.1 Å². The van der Waals surface area contributed by atoms with Crippen molar-refractivity contribution in [2.24, 2.45) is 11.7 Å². The van der Waals surface area contributed by atoms with E-state index in [0.29, 0.717) is 18.2 Å². The Bertz CT molecular complexity index is 367. The normalized spacial score (nSPS) is 17.8. The van der Waals surface area contributed by atoms with Gasteiger partial charge in [0.2, 0.25) is 5.76 Å². The molecule has 1 fully saturated rings. The summed E-state index contributed by atoms with van der Waals surface area (Å²) >= 11 is 0. The van der Waals surface area contributed by atoms with E-state index >= 15 is 0 Å². The van der Waals surface area contributed by atoms with E-state index in [0.717, 1.165) is 31.6 Å². The molecule has 0 bridgehead atoms. The highest BCUT2D eigenvalue weighted by molar-refractivity contribution is 5.91. The summed E-state index contributed by atoms with van der Waals surface area (Å²) in [5, 5.41) is 3.72. The maximum Gasteiger partial charge on any atom is 0.292 e. The number of carbonyl (C=O) groups is 1. The Kier molecular flexibility index (Phi) is 3.24. The van der Waals surface area contributed by atoms with Gasteiger partial charge >= 0.3 is 0 Å². The van der Waals surface area contributed by atoms with Gasteiger partial charge in [-0.2, -0.15) is 0 Å². The van der Waals surface area contributed by atoms with Gasteiger partial charge in [-0.1, -0.05) is 5.16 Å². The molecule has 2 heterocycles. The number of aromatic nitrogens is 1. The van der Waals surface area contributed by atoms with Crippen LogP contribution in [0.5, 0.6) is 0 Å². The van der Waals surface area contributed by atoms with Crippen LogP contribution in [0, 0.1) is 12.8 Å².